The van der Waals surface area contributed by atoms with Crippen LogP contribution in [0.1, 0.15) is 12.5 Å². The summed E-state index contributed by atoms with van der Waals surface area (Å²) in [5.74, 6) is -0.397. The second kappa shape index (κ2) is 5.90. The summed E-state index contributed by atoms with van der Waals surface area (Å²) in [6.07, 6.45) is 0. The van der Waals surface area contributed by atoms with Gasteiger partial charge in [0, 0.05) is 19.3 Å². The van der Waals surface area contributed by atoms with Crippen LogP contribution in [0.4, 0.5) is 5.69 Å². The summed E-state index contributed by atoms with van der Waals surface area (Å²) in [5.41, 5.74) is 1.60. The van der Waals surface area contributed by atoms with E-state index >= 15 is 0 Å². The van der Waals surface area contributed by atoms with Crippen LogP contribution in [0.2, 0.25) is 0 Å². The third-order valence-electron chi connectivity index (χ3n) is 2.59. The molecule has 0 aliphatic carbocycles. The van der Waals surface area contributed by atoms with Crippen LogP contribution >= 0.6 is 0 Å². The zero-order valence-electron chi connectivity index (χ0n) is 10.3. The molecule has 4 heteroatoms. The molecule has 0 saturated carbocycles. The molecule has 4 nitrogen and oxygen atoms in total. The van der Waals surface area contributed by atoms with E-state index < -0.39 is 0 Å². The Balaban J connectivity index is 2.66. The van der Waals surface area contributed by atoms with Gasteiger partial charge in [0.2, 0.25) is 0 Å². The first-order chi connectivity index (χ1) is 8.08. The van der Waals surface area contributed by atoms with E-state index in [1.165, 1.54) is 7.11 Å². The molecular weight excluding hydrogens is 216 g/mol. The Morgan fingerprint density at radius 1 is 1.47 bits per heavy atom. The third kappa shape index (κ3) is 3.49. The molecule has 1 unspecified atom stereocenters. The Morgan fingerprint density at radius 3 is 2.53 bits per heavy atom. The molecule has 1 aromatic rings. The topological polar surface area (TPSA) is 53.3 Å². The van der Waals surface area contributed by atoms with Crippen LogP contribution in [0.15, 0.2) is 24.3 Å². The molecular formula is C13H16N2O2. The van der Waals surface area contributed by atoms with Gasteiger partial charge in [0.15, 0.2) is 0 Å². The maximum Gasteiger partial charge on any atom is 0.310 e. The first kappa shape index (κ1) is 13.0. The second-order valence-electron chi connectivity index (χ2n) is 3.96. The van der Waals surface area contributed by atoms with Crippen LogP contribution in [-0.2, 0) is 9.53 Å². The number of hydrogen-bond donors (Lipinski definition) is 0. The summed E-state index contributed by atoms with van der Waals surface area (Å²) in [7, 11) is 3.29. The highest BCUT2D eigenvalue weighted by molar-refractivity contribution is 5.72. The number of nitriles is 1. The van der Waals surface area contributed by atoms with Gasteiger partial charge >= 0.3 is 5.97 Å². The fourth-order valence-corrected chi connectivity index (χ4v) is 1.58. The van der Waals surface area contributed by atoms with Gasteiger partial charge in [-0.15, -0.1) is 0 Å². The van der Waals surface area contributed by atoms with Crippen molar-refractivity contribution >= 4 is 11.7 Å². The van der Waals surface area contributed by atoms with Gasteiger partial charge in [-0.05, 0) is 24.3 Å². The van der Waals surface area contributed by atoms with Crippen molar-refractivity contribution in [3.8, 4) is 6.07 Å². The molecule has 1 atom stereocenters. The maximum absolute atomic E-state index is 11.3. The van der Waals surface area contributed by atoms with E-state index in [0.717, 1.165) is 5.69 Å². The Bertz CT molecular complexity index is 420. The van der Waals surface area contributed by atoms with Crippen LogP contribution in [0, 0.1) is 17.2 Å². The fraction of sp³-hybridized carbons (Fsp3) is 0.385. The van der Waals surface area contributed by atoms with Crippen LogP contribution in [0.3, 0.4) is 0 Å². The van der Waals surface area contributed by atoms with E-state index in [1.807, 2.05) is 31.0 Å². The lowest BCUT2D eigenvalue weighted by Gasteiger charge is -2.22. The van der Waals surface area contributed by atoms with Crippen molar-refractivity contribution in [2.24, 2.45) is 5.92 Å². The van der Waals surface area contributed by atoms with Gasteiger partial charge in [0.1, 0.15) is 0 Å². The Hall–Kier alpha value is -2.02. The molecule has 0 spiro atoms. The molecule has 90 valence electrons. The monoisotopic (exact) mass is 232 g/mol. The molecule has 0 heterocycles. The maximum atomic E-state index is 11.3. The lowest BCUT2D eigenvalue weighted by atomic mass is 10.1. The van der Waals surface area contributed by atoms with Crippen molar-refractivity contribution in [2.45, 2.75) is 6.92 Å². The van der Waals surface area contributed by atoms with Gasteiger partial charge in [0.25, 0.3) is 0 Å². The van der Waals surface area contributed by atoms with Crippen molar-refractivity contribution in [1.82, 2.24) is 0 Å². The van der Waals surface area contributed by atoms with E-state index in [2.05, 4.69) is 10.8 Å². The molecule has 1 rings (SSSR count). The Labute approximate surface area is 101 Å². The van der Waals surface area contributed by atoms with Crippen molar-refractivity contribution in [3.05, 3.63) is 29.8 Å². The average molecular weight is 232 g/mol. The highest BCUT2D eigenvalue weighted by Crippen LogP contribution is 2.15. The van der Waals surface area contributed by atoms with E-state index in [9.17, 15) is 4.79 Å². The van der Waals surface area contributed by atoms with E-state index in [-0.39, 0.29) is 11.9 Å². The normalized spacial score (nSPS) is 11.4. The van der Waals surface area contributed by atoms with Crippen molar-refractivity contribution < 1.29 is 9.53 Å². The first-order valence-electron chi connectivity index (χ1n) is 5.37. The smallest absolute Gasteiger partial charge is 0.310 e. The fourth-order valence-electron chi connectivity index (χ4n) is 1.58. The van der Waals surface area contributed by atoms with Crippen LogP contribution in [-0.4, -0.2) is 26.7 Å². The number of benzene rings is 1. The quantitative estimate of drug-likeness (QED) is 0.743. The number of carbonyl (C=O) groups is 1. The van der Waals surface area contributed by atoms with Crippen LogP contribution < -0.4 is 4.90 Å². The van der Waals surface area contributed by atoms with Gasteiger partial charge in [0.05, 0.1) is 24.7 Å². The van der Waals surface area contributed by atoms with E-state index in [4.69, 9.17) is 5.26 Å². The number of esters is 1. The highest BCUT2D eigenvalue weighted by atomic mass is 16.5. The predicted molar refractivity (Wildman–Crippen MR) is 65.6 cm³/mol. The molecule has 0 aliphatic rings. The van der Waals surface area contributed by atoms with Gasteiger partial charge in [-0.3, -0.25) is 4.79 Å². The molecule has 0 aliphatic heterocycles. The van der Waals surface area contributed by atoms with Gasteiger partial charge in [-0.1, -0.05) is 6.92 Å². The molecule has 0 radical (unpaired) electrons. The number of carbonyl (C=O) groups excluding carboxylic acids is 1. The van der Waals surface area contributed by atoms with Gasteiger partial charge in [-0.2, -0.15) is 5.26 Å². The summed E-state index contributed by atoms with van der Waals surface area (Å²) in [4.78, 5) is 13.2. The molecule has 0 amide bonds. The number of rotatable bonds is 4. The lowest BCUT2D eigenvalue weighted by molar-refractivity contribution is -0.144. The molecule has 0 aromatic heterocycles. The molecule has 0 fully saturated rings. The minimum absolute atomic E-state index is 0.180. The van der Waals surface area contributed by atoms with Gasteiger partial charge in [-0.25, -0.2) is 0 Å². The van der Waals surface area contributed by atoms with Crippen molar-refractivity contribution in [2.75, 3.05) is 25.6 Å². The standard InChI is InChI=1S/C13H16N2O2/c1-10(13(16)17-3)9-15(2)12-6-4-11(8-14)5-7-12/h4-7,10H,9H2,1-3H3. The molecule has 1 aromatic carbocycles. The zero-order valence-corrected chi connectivity index (χ0v) is 10.3. The lowest BCUT2D eigenvalue weighted by Crippen LogP contribution is -2.29. The zero-order chi connectivity index (χ0) is 12.8. The molecule has 0 saturated heterocycles. The summed E-state index contributed by atoms with van der Waals surface area (Å²) in [6, 6.07) is 9.31. The third-order valence-corrected chi connectivity index (χ3v) is 2.59. The highest BCUT2D eigenvalue weighted by Gasteiger charge is 2.15. The van der Waals surface area contributed by atoms with Gasteiger partial charge < -0.3 is 9.64 Å². The first-order valence-corrected chi connectivity index (χ1v) is 5.37. The van der Waals surface area contributed by atoms with Crippen molar-refractivity contribution in [1.29, 1.82) is 5.26 Å². The number of hydrogen-bond acceptors (Lipinski definition) is 4. The summed E-state index contributed by atoms with van der Waals surface area (Å²) in [5, 5.41) is 8.69. The van der Waals surface area contributed by atoms with Crippen LogP contribution in [0.5, 0.6) is 0 Å². The Kier molecular flexibility index (Phi) is 4.53. The molecule has 17 heavy (non-hydrogen) atoms. The Morgan fingerprint density at radius 2 is 2.06 bits per heavy atom. The SMILES string of the molecule is COC(=O)C(C)CN(C)c1ccc(C#N)cc1. The van der Waals surface area contributed by atoms with E-state index in [1.54, 1.807) is 12.1 Å². The predicted octanol–water partition coefficient (Wildman–Crippen LogP) is 1.80. The summed E-state index contributed by atoms with van der Waals surface area (Å²) >= 11 is 0. The summed E-state index contributed by atoms with van der Waals surface area (Å²) < 4.78 is 4.68. The molecule has 0 N–H and O–H groups in total. The number of anilines is 1. The average Bonchev–Trinajstić information content (AvgIpc) is 2.37. The number of methoxy groups -OCH3 is 1. The minimum Gasteiger partial charge on any atom is -0.469 e. The van der Waals surface area contributed by atoms with E-state index in [0.29, 0.717) is 12.1 Å². The minimum atomic E-state index is -0.217. The molecule has 0 bridgehead atoms. The summed E-state index contributed by atoms with van der Waals surface area (Å²) in [6.45, 7) is 2.41. The second-order valence-corrected chi connectivity index (χ2v) is 3.96. The van der Waals surface area contributed by atoms with Crippen LogP contribution in [0.25, 0.3) is 0 Å². The van der Waals surface area contributed by atoms with Crippen molar-refractivity contribution in [3.63, 3.8) is 0 Å². The largest absolute Gasteiger partial charge is 0.469 e. The number of ether oxygens (including phenoxy) is 1. The number of nitrogens with zero attached hydrogens (tertiary/aromatic N) is 2.